The van der Waals surface area contributed by atoms with E-state index in [-0.39, 0.29) is 0 Å². The summed E-state index contributed by atoms with van der Waals surface area (Å²) in [5, 5.41) is 11.1. The smallest absolute Gasteiger partial charge is 0.471 e. The summed E-state index contributed by atoms with van der Waals surface area (Å²) >= 11 is 0. The lowest BCUT2D eigenvalue weighted by molar-refractivity contribution is -0.177. The van der Waals surface area contributed by atoms with E-state index in [0.717, 1.165) is 38.5 Å². The Morgan fingerprint density at radius 2 is 1.55 bits per heavy atom. The van der Waals surface area contributed by atoms with Crippen LogP contribution in [0.2, 0.25) is 0 Å². The summed E-state index contributed by atoms with van der Waals surface area (Å²) in [4.78, 5) is 22.4. The second-order valence-electron chi connectivity index (χ2n) is 7.40. The molecule has 1 atom stereocenters. The zero-order valence-electron chi connectivity index (χ0n) is 12.2. The van der Waals surface area contributed by atoms with Crippen LogP contribution in [0, 0.1) is 23.2 Å². The SMILES string of the molecule is O=C(O)CC(NC(=O)C(F)(F)F)C12CC3CC(CC(C3)C1)C2. The Kier molecular flexibility index (Phi) is 3.64. The summed E-state index contributed by atoms with van der Waals surface area (Å²) < 4.78 is 37.7. The molecule has 0 aromatic heterocycles. The van der Waals surface area contributed by atoms with Crippen LogP contribution in [0.3, 0.4) is 0 Å². The number of carboxylic acid groups (broad SMARTS) is 1. The molecule has 0 radical (unpaired) electrons. The third kappa shape index (κ3) is 2.82. The Balaban J connectivity index is 1.82. The number of halogens is 3. The molecule has 0 aromatic rings. The zero-order chi connectivity index (χ0) is 16.1. The first-order valence-corrected chi connectivity index (χ1v) is 7.77. The number of carboxylic acids is 1. The molecule has 7 heteroatoms. The fourth-order valence-corrected chi connectivity index (χ4v) is 5.44. The Morgan fingerprint density at radius 3 is 1.91 bits per heavy atom. The maximum atomic E-state index is 12.6. The number of carbonyl (C=O) groups is 2. The first-order valence-electron chi connectivity index (χ1n) is 7.77. The normalized spacial score (nSPS) is 37.9. The molecular formula is C15H20F3NO3. The molecule has 0 saturated heterocycles. The van der Waals surface area contributed by atoms with E-state index in [4.69, 9.17) is 5.11 Å². The summed E-state index contributed by atoms with van der Waals surface area (Å²) in [6, 6.07) is -0.924. The van der Waals surface area contributed by atoms with Gasteiger partial charge in [-0.05, 0) is 61.7 Å². The van der Waals surface area contributed by atoms with Crippen molar-refractivity contribution in [2.75, 3.05) is 0 Å². The standard InChI is InChI=1S/C15H20F3NO3/c16-15(17,18)13(22)19-11(4-12(20)21)14-5-8-1-9(6-14)3-10(2-8)7-14/h8-11H,1-7H2,(H,19,22)(H,20,21). The summed E-state index contributed by atoms with van der Waals surface area (Å²) in [6.07, 6.45) is 0.136. The van der Waals surface area contributed by atoms with E-state index in [2.05, 4.69) is 0 Å². The molecule has 4 rings (SSSR count). The van der Waals surface area contributed by atoms with Crippen LogP contribution in [0.1, 0.15) is 44.9 Å². The average molecular weight is 319 g/mol. The fourth-order valence-electron chi connectivity index (χ4n) is 5.44. The lowest BCUT2D eigenvalue weighted by Crippen LogP contribution is -2.59. The van der Waals surface area contributed by atoms with Crippen LogP contribution >= 0.6 is 0 Å². The van der Waals surface area contributed by atoms with E-state index in [1.165, 1.54) is 0 Å². The predicted molar refractivity (Wildman–Crippen MR) is 70.8 cm³/mol. The number of rotatable bonds is 4. The third-order valence-electron chi connectivity index (χ3n) is 5.77. The van der Waals surface area contributed by atoms with Crippen molar-refractivity contribution in [2.24, 2.45) is 23.2 Å². The molecule has 0 aliphatic heterocycles. The lowest BCUT2D eigenvalue weighted by Gasteiger charge is -2.59. The van der Waals surface area contributed by atoms with E-state index in [0.29, 0.717) is 17.8 Å². The highest BCUT2D eigenvalue weighted by atomic mass is 19.4. The van der Waals surface area contributed by atoms with Gasteiger partial charge in [-0.2, -0.15) is 13.2 Å². The molecule has 4 nitrogen and oxygen atoms in total. The van der Waals surface area contributed by atoms with Crippen LogP contribution in [0.4, 0.5) is 13.2 Å². The van der Waals surface area contributed by atoms with Crippen LogP contribution in [-0.4, -0.2) is 29.2 Å². The van der Waals surface area contributed by atoms with Gasteiger partial charge in [0.05, 0.1) is 6.42 Å². The molecule has 4 aliphatic rings. The molecule has 0 aromatic carbocycles. The maximum absolute atomic E-state index is 12.6. The molecule has 1 unspecified atom stereocenters. The number of hydrogen-bond donors (Lipinski definition) is 2. The number of carbonyl (C=O) groups excluding carboxylic acids is 1. The van der Waals surface area contributed by atoms with Crippen molar-refractivity contribution in [3.8, 4) is 0 Å². The predicted octanol–water partition coefficient (Wildman–Crippen LogP) is 2.72. The van der Waals surface area contributed by atoms with Crippen molar-refractivity contribution in [2.45, 2.75) is 57.2 Å². The van der Waals surface area contributed by atoms with E-state index < -0.39 is 35.9 Å². The molecule has 2 N–H and O–H groups in total. The van der Waals surface area contributed by atoms with Gasteiger partial charge >= 0.3 is 18.1 Å². The van der Waals surface area contributed by atoms with Gasteiger partial charge in [-0.15, -0.1) is 0 Å². The summed E-state index contributed by atoms with van der Waals surface area (Å²) in [6.45, 7) is 0. The van der Waals surface area contributed by atoms with Crippen LogP contribution in [0.15, 0.2) is 0 Å². The molecule has 4 fully saturated rings. The first-order chi connectivity index (χ1) is 10.2. The second-order valence-corrected chi connectivity index (χ2v) is 7.40. The van der Waals surface area contributed by atoms with E-state index in [1.807, 2.05) is 5.32 Å². The lowest BCUT2D eigenvalue weighted by atomic mass is 9.47. The van der Waals surface area contributed by atoms with Gasteiger partial charge < -0.3 is 10.4 Å². The Hall–Kier alpha value is -1.27. The minimum atomic E-state index is -4.97. The fraction of sp³-hybridized carbons (Fsp3) is 0.867. The van der Waals surface area contributed by atoms with Gasteiger partial charge in [0.25, 0.3) is 0 Å². The molecule has 124 valence electrons. The van der Waals surface area contributed by atoms with Crippen LogP contribution in [-0.2, 0) is 9.59 Å². The van der Waals surface area contributed by atoms with Gasteiger partial charge in [-0.3, -0.25) is 9.59 Å². The summed E-state index contributed by atoms with van der Waals surface area (Å²) in [7, 11) is 0. The highest BCUT2D eigenvalue weighted by Gasteiger charge is 2.55. The Labute approximate surface area is 126 Å². The highest BCUT2D eigenvalue weighted by molar-refractivity contribution is 5.82. The molecule has 4 saturated carbocycles. The third-order valence-corrected chi connectivity index (χ3v) is 5.77. The summed E-state index contributed by atoms with van der Waals surface area (Å²) in [5.74, 6) is -1.75. The molecule has 22 heavy (non-hydrogen) atoms. The molecule has 0 spiro atoms. The quantitative estimate of drug-likeness (QED) is 0.837. The van der Waals surface area contributed by atoms with Crippen molar-refractivity contribution >= 4 is 11.9 Å². The van der Waals surface area contributed by atoms with E-state index in [1.54, 1.807) is 0 Å². The topological polar surface area (TPSA) is 66.4 Å². The minimum Gasteiger partial charge on any atom is -0.481 e. The van der Waals surface area contributed by atoms with Gasteiger partial charge in [0.2, 0.25) is 0 Å². The van der Waals surface area contributed by atoms with Crippen molar-refractivity contribution in [3.05, 3.63) is 0 Å². The first kappa shape index (κ1) is 15.6. The number of aliphatic carboxylic acids is 1. The van der Waals surface area contributed by atoms with E-state index in [9.17, 15) is 22.8 Å². The Bertz CT molecular complexity index is 454. The monoisotopic (exact) mass is 319 g/mol. The largest absolute Gasteiger partial charge is 0.481 e. The van der Waals surface area contributed by atoms with E-state index >= 15 is 0 Å². The van der Waals surface area contributed by atoms with Crippen LogP contribution < -0.4 is 5.32 Å². The van der Waals surface area contributed by atoms with Gasteiger partial charge in [-0.25, -0.2) is 0 Å². The average Bonchev–Trinajstić information content (AvgIpc) is 2.34. The summed E-state index contributed by atoms with van der Waals surface area (Å²) in [5.41, 5.74) is -0.464. The van der Waals surface area contributed by atoms with Crippen molar-refractivity contribution in [1.82, 2.24) is 5.32 Å². The Morgan fingerprint density at radius 1 is 1.09 bits per heavy atom. The van der Waals surface area contributed by atoms with Gasteiger partial charge in [0.1, 0.15) is 0 Å². The van der Waals surface area contributed by atoms with Crippen molar-refractivity contribution in [1.29, 1.82) is 0 Å². The van der Waals surface area contributed by atoms with Crippen molar-refractivity contribution < 1.29 is 27.9 Å². The molecule has 0 heterocycles. The zero-order valence-corrected chi connectivity index (χ0v) is 12.2. The van der Waals surface area contributed by atoms with Crippen molar-refractivity contribution in [3.63, 3.8) is 0 Å². The number of hydrogen-bond acceptors (Lipinski definition) is 2. The minimum absolute atomic E-state index is 0.437. The van der Waals surface area contributed by atoms with Gasteiger partial charge in [0.15, 0.2) is 0 Å². The van der Waals surface area contributed by atoms with Crippen LogP contribution in [0.5, 0.6) is 0 Å². The molecular weight excluding hydrogens is 299 g/mol. The number of amides is 1. The highest BCUT2D eigenvalue weighted by Crippen LogP contribution is 2.61. The second kappa shape index (κ2) is 5.13. The molecule has 4 aliphatic carbocycles. The number of alkyl halides is 3. The van der Waals surface area contributed by atoms with Crippen LogP contribution in [0.25, 0.3) is 0 Å². The molecule has 4 bridgehead atoms. The van der Waals surface area contributed by atoms with Gasteiger partial charge in [0, 0.05) is 6.04 Å². The number of nitrogens with one attached hydrogen (secondary N) is 1. The molecule has 1 amide bonds. The van der Waals surface area contributed by atoms with Gasteiger partial charge in [-0.1, -0.05) is 0 Å². The maximum Gasteiger partial charge on any atom is 0.471 e.